The summed E-state index contributed by atoms with van der Waals surface area (Å²) in [5.41, 5.74) is 7.34. The van der Waals surface area contributed by atoms with Crippen LogP contribution in [0.2, 0.25) is 0 Å². The molecule has 2 N–H and O–H groups in total. The molecule has 1 aromatic rings. The van der Waals surface area contributed by atoms with Crippen molar-refractivity contribution in [2.75, 3.05) is 18.5 Å². The summed E-state index contributed by atoms with van der Waals surface area (Å²) in [6, 6.07) is 5.43. The fraction of sp³-hybridized carbons (Fsp3) is 0.500. The molecule has 0 amide bonds. The average Bonchev–Trinajstić information content (AvgIpc) is 2.27. The van der Waals surface area contributed by atoms with E-state index in [1.807, 2.05) is 37.9 Å². The van der Waals surface area contributed by atoms with Crippen molar-refractivity contribution in [2.45, 2.75) is 30.0 Å². The van der Waals surface area contributed by atoms with Crippen molar-refractivity contribution in [3.8, 4) is 0 Å². The number of aryl methyl sites for hydroxylation is 1. The first-order valence-corrected chi connectivity index (χ1v) is 7.21. The molecule has 0 fully saturated rings. The van der Waals surface area contributed by atoms with Gasteiger partial charge in [-0.15, -0.1) is 0 Å². The Labute approximate surface area is 102 Å². The molecule has 94 valence electrons. The van der Waals surface area contributed by atoms with Crippen molar-refractivity contribution in [3.05, 3.63) is 23.8 Å². The Morgan fingerprint density at radius 3 is 2.65 bits per heavy atom. The minimum Gasteiger partial charge on any atom is -0.369 e. The van der Waals surface area contributed by atoms with Gasteiger partial charge in [0, 0.05) is 19.6 Å². The molecule has 1 heterocycles. The minimum absolute atomic E-state index is 0.0970. The van der Waals surface area contributed by atoms with Crippen molar-refractivity contribution < 1.29 is 8.42 Å². The first-order chi connectivity index (χ1) is 7.89. The number of benzene rings is 1. The third-order valence-corrected chi connectivity index (χ3v) is 5.91. The average molecular weight is 254 g/mol. The number of rotatable bonds is 1. The summed E-state index contributed by atoms with van der Waals surface area (Å²) in [7, 11) is -1.39. The lowest BCUT2D eigenvalue weighted by molar-refractivity contribution is 0.539. The number of sulfone groups is 1. The molecule has 0 aromatic heterocycles. The molecule has 4 nitrogen and oxygen atoms in total. The van der Waals surface area contributed by atoms with E-state index in [-0.39, 0.29) is 12.6 Å². The number of nitrogens with two attached hydrogens (primary N) is 1. The van der Waals surface area contributed by atoms with Gasteiger partial charge in [0.15, 0.2) is 9.84 Å². The van der Waals surface area contributed by atoms with Gasteiger partial charge in [0.1, 0.15) is 0 Å². The molecule has 1 aliphatic rings. The molecule has 0 bridgehead atoms. The molecular weight excluding hydrogens is 236 g/mol. The van der Waals surface area contributed by atoms with Crippen molar-refractivity contribution in [1.82, 2.24) is 0 Å². The van der Waals surface area contributed by atoms with Gasteiger partial charge in [-0.2, -0.15) is 0 Å². The molecule has 0 saturated carbocycles. The predicted octanol–water partition coefficient (Wildman–Crippen LogP) is 0.934. The lowest BCUT2D eigenvalue weighted by atomic mass is 10.1. The first-order valence-electron chi connectivity index (χ1n) is 5.67. The van der Waals surface area contributed by atoms with Gasteiger partial charge in [-0.1, -0.05) is 6.07 Å². The van der Waals surface area contributed by atoms with E-state index in [0.717, 1.165) is 11.3 Å². The Morgan fingerprint density at radius 1 is 1.41 bits per heavy atom. The summed E-state index contributed by atoms with van der Waals surface area (Å²) < 4.78 is 24.9. The maximum atomic E-state index is 12.4. The standard InChI is InChI=1S/C12H18N2O2S/c1-8-4-5-10-11(6-8)17(15,16)12(7-13)9(2)14(10)3/h4-6,9,12H,7,13H2,1-3H3. The van der Waals surface area contributed by atoms with Gasteiger partial charge in [0.05, 0.1) is 15.8 Å². The molecule has 0 spiro atoms. The summed E-state index contributed by atoms with van der Waals surface area (Å²) in [5.74, 6) is 0. The molecular formula is C12H18N2O2S. The van der Waals surface area contributed by atoms with Crippen LogP contribution in [-0.2, 0) is 9.84 Å². The minimum atomic E-state index is -3.30. The highest BCUT2D eigenvalue weighted by molar-refractivity contribution is 7.92. The van der Waals surface area contributed by atoms with E-state index in [1.54, 1.807) is 6.07 Å². The van der Waals surface area contributed by atoms with Gasteiger partial charge in [0.25, 0.3) is 0 Å². The molecule has 0 radical (unpaired) electrons. The largest absolute Gasteiger partial charge is 0.369 e. The van der Waals surface area contributed by atoms with Crippen LogP contribution in [0.25, 0.3) is 0 Å². The van der Waals surface area contributed by atoms with Crippen LogP contribution in [0.4, 0.5) is 5.69 Å². The summed E-state index contributed by atoms with van der Waals surface area (Å²) >= 11 is 0. The normalized spacial score (nSPS) is 26.7. The first kappa shape index (κ1) is 12.4. The van der Waals surface area contributed by atoms with Crippen LogP contribution in [0, 0.1) is 6.92 Å². The smallest absolute Gasteiger partial charge is 0.186 e. The molecule has 17 heavy (non-hydrogen) atoms. The Balaban J connectivity index is 2.71. The second kappa shape index (κ2) is 3.99. The molecule has 1 aromatic carbocycles. The van der Waals surface area contributed by atoms with Gasteiger partial charge < -0.3 is 10.6 Å². The number of hydrogen-bond acceptors (Lipinski definition) is 4. The highest BCUT2D eigenvalue weighted by Gasteiger charge is 2.40. The van der Waals surface area contributed by atoms with Crippen molar-refractivity contribution in [2.24, 2.45) is 5.73 Å². The van der Waals surface area contributed by atoms with E-state index < -0.39 is 15.1 Å². The van der Waals surface area contributed by atoms with Crippen molar-refractivity contribution in [1.29, 1.82) is 0 Å². The maximum absolute atomic E-state index is 12.4. The summed E-state index contributed by atoms with van der Waals surface area (Å²) in [6.45, 7) is 3.95. The van der Waals surface area contributed by atoms with Crippen LogP contribution < -0.4 is 10.6 Å². The van der Waals surface area contributed by atoms with Crippen LogP contribution in [0.5, 0.6) is 0 Å². The number of nitrogens with zero attached hydrogens (tertiary/aromatic N) is 1. The molecule has 0 aliphatic carbocycles. The topological polar surface area (TPSA) is 63.4 Å². The number of anilines is 1. The van der Waals surface area contributed by atoms with E-state index in [2.05, 4.69) is 0 Å². The molecule has 0 saturated heterocycles. The Hall–Kier alpha value is -1.07. The van der Waals surface area contributed by atoms with Gasteiger partial charge >= 0.3 is 0 Å². The lowest BCUT2D eigenvalue weighted by Gasteiger charge is -2.38. The van der Waals surface area contributed by atoms with Gasteiger partial charge in [-0.05, 0) is 31.5 Å². The number of hydrogen-bond donors (Lipinski definition) is 1. The third-order valence-electron chi connectivity index (χ3n) is 3.58. The van der Waals surface area contributed by atoms with E-state index in [1.165, 1.54) is 0 Å². The molecule has 5 heteroatoms. The van der Waals surface area contributed by atoms with Crippen LogP contribution in [-0.4, -0.2) is 33.3 Å². The predicted molar refractivity (Wildman–Crippen MR) is 69.1 cm³/mol. The fourth-order valence-corrected chi connectivity index (χ4v) is 4.49. The van der Waals surface area contributed by atoms with Crippen LogP contribution >= 0.6 is 0 Å². The Bertz CT molecular complexity index is 539. The SMILES string of the molecule is Cc1ccc2c(c1)S(=O)(=O)C(CN)C(C)N2C. The molecule has 2 rings (SSSR count). The van der Waals surface area contributed by atoms with Crippen LogP contribution in [0.3, 0.4) is 0 Å². The van der Waals surface area contributed by atoms with Crippen molar-refractivity contribution in [3.63, 3.8) is 0 Å². The highest BCUT2D eigenvalue weighted by Crippen LogP contribution is 2.36. The summed E-state index contributed by atoms with van der Waals surface area (Å²) in [4.78, 5) is 2.40. The fourth-order valence-electron chi connectivity index (χ4n) is 2.36. The van der Waals surface area contributed by atoms with E-state index >= 15 is 0 Å². The zero-order valence-electron chi connectivity index (χ0n) is 10.3. The molecule has 1 aliphatic heterocycles. The Kier molecular flexibility index (Phi) is 2.91. The highest BCUT2D eigenvalue weighted by atomic mass is 32.2. The third kappa shape index (κ3) is 1.73. The zero-order valence-corrected chi connectivity index (χ0v) is 11.2. The number of fused-ring (bicyclic) bond motifs is 1. The van der Waals surface area contributed by atoms with Gasteiger partial charge in [-0.25, -0.2) is 8.42 Å². The van der Waals surface area contributed by atoms with Gasteiger partial charge in [-0.3, -0.25) is 0 Å². The zero-order chi connectivity index (χ0) is 12.8. The van der Waals surface area contributed by atoms with Crippen LogP contribution in [0.1, 0.15) is 12.5 Å². The summed E-state index contributed by atoms with van der Waals surface area (Å²) in [5, 5.41) is -0.526. The van der Waals surface area contributed by atoms with Gasteiger partial charge in [0.2, 0.25) is 0 Å². The van der Waals surface area contributed by atoms with E-state index in [9.17, 15) is 8.42 Å². The monoisotopic (exact) mass is 254 g/mol. The second-order valence-electron chi connectivity index (χ2n) is 4.64. The Morgan fingerprint density at radius 2 is 2.06 bits per heavy atom. The lowest BCUT2D eigenvalue weighted by Crippen LogP contribution is -2.51. The maximum Gasteiger partial charge on any atom is 0.186 e. The van der Waals surface area contributed by atoms with E-state index in [0.29, 0.717) is 4.90 Å². The summed E-state index contributed by atoms with van der Waals surface area (Å²) in [6.07, 6.45) is 0. The quantitative estimate of drug-likeness (QED) is 0.810. The van der Waals surface area contributed by atoms with Crippen molar-refractivity contribution >= 4 is 15.5 Å². The van der Waals surface area contributed by atoms with Crippen LogP contribution in [0.15, 0.2) is 23.1 Å². The van der Waals surface area contributed by atoms with E-state index in [4.69, 9.17) is 5.73 Å². The molecule has 2 unspecified atom stereocenters. The molecule has 2 atom stereocenters. The second-order valence-corrected chi connectivity index (χ2v) is 6.78.